The number of esters is 1. The number of rotatable bonds is 7. The third-order valence-corrected chi connectivity index (χ3v) is 4.12. The molecule has 1 saturated heterocycles. The normalized spacial score (nSPS) is 23.1. The molecule has 0 aromatic heterocycles. The summed E-state index contributed by atoms with van der Waals surface area (Å²) in [5, 5.41) is 8.94. The second-order valence-electron chi connectivity index (χ2n) is 5.71. The smallest absolute Gasteiger partial charge is 0.312 e. The van der Waals surface area contributed by atoms with Gasteiger partial charge in [0.25, 0.3) is 0 Å². The highest BCUT2D eigenvalue weighted by atomic mass is 19.1. The maximum absolute atomic E-state index is 13.3. The number of aliphatic hydroxyl groups is 1. The molecule has 0 spiro atoms. The van der Waals surface area contributed by atoms with Crippen LogP contribution >= 0.6 is 0 Å². The van der Waals surface area contributed by atoms with Crippen molar-refractivity contribution in [3.05, 3.63) is 35.4 Å². The van der Waals surface area contributed by atoms with Gasteiger partial charge in [-0.1, -0.05) is 24.3 Å². The summed E-state index contributed by atoms with van der Waals surface area (Å²) in [7, 11) is 0. The molecule has 0 amide bonds. The van der Waals surface area contributed by atoms with E-state index in [1.165, 1.54) is 18.1 Å². The van der Waals surface area contributed by atoms with Gasteiger partial charge in [-0.2, -0.15) is 0 Å². The largest absolute Gasteiger partial charge is 0.462 e. The summed E-state index contributed by atoms with van der Waals surface area (Å²) in [6.45, 7) is 1.60. The molecule has 1 aliphatic heterocycles. The van der Waals surface area contributed by atoms with Crippen LogP contribution in [-0.4, -0.2) is 30.0 Å². The Hall–Kier alpha value is -1.42. The van der Waals surface area contributed by atoms with Gasteiger partial charge in [0.1, 0.15) is 12.3 Å². The summed E-state index contributed by atoms with van der Waals surface area (Å²) in [6.07, 6.45) is 2.30. The molecule has 0 radical (unpaired) electrons. The van der Waals surface area contributed by atoms with Crippen LogP contribution in [-0.2, 0) is 22.4 Å². The van der Waals surface area contributed by atoms with Crippen molar-refractivity contribution in [2.75, 3.05) is 6.61 Å². The number of hydrogen-bond acceptors (Lipinski definition) is 3. The Kier molecular flexibility index (Phi) is 5.74. The summed E-state index contributed by atoms with van der Waals surface area (Å²) >= 11 is 0. The molecule has 0 bridgehead atoms. The van der Waals surface area contributed by atoms with Gasteiger partial charge in [0.2, 0.25) is 0 Å². The number of carbonyl (C=O) groups excluding carboxylic acids is 1. The lowest BCUT2D eigenvalue weighted by molar-refractivity contribution is -0.145. The van der Waals surface area contributed by atoms with E-state index in [1.54, 1.807) is 0 Å². The van der Waals surface area contributed by atoms with Crippen LogP contribution in [0.25, 0.3) is 0 Å². The van der Waals surface area contributed by atoms with Crippen LogP contribution in [0.4, 0.5) is 4.39 Å². The predicted molar refractivity (Wildman–Crippen MR) is 78.7 cm³/mol. The van der Waals surface area contributed by atoms with E-state index < -0.39 is 18.1 Å². The van der Waals surface area contributed by atoms with Crippen molar-refractivity contribution in [1.29, 1.82) is 0 Å². The lowest BCUT2D eigenvalue weighted by atomic mass is 9.95. The molecule has 116 valence electrons. The second kappa shape index (κ2) is 7.55. The minimum atomic E-state index is -1.14. The number of ether oxygens (including phenoxy) is 1. The molecule has 4 heteroatoms. The van der Waals surface area contributed by atoms with E-state index in [4.69, 9.17) is 9.84 Å². The first-order valence-corrected chi connectivity index (χ1v) is 7.64. The van der Waals surface area contributed by atoms with Crippen molar-refractivity contribution in [3.63, 3.8) is 0 Å². The van der Waals surface area contributed by atoms with Crippen molar-refractivity contribution in [2.45, 2.75) is 51.3 Å². The minimum absolute atomic E-state index is 0.174. The zero-order valence-electron chi connectivity index (χ0n) is 12.4. The van der Waals surface area contributed by atoms with E-state index in [-0.39, 0.29) is 12.7 Å². The van der Waals surface area contributed by atoms with E-state index in [0.29, 0.717) is 6.42 Å². The Bertz CT molecular complexity index is 473. The number of carbonyl (C=O) groups is 1. The molecule has 1 heterocycles. The SMILES string of the molecule is CC(F)C1CC(CCc2ccccc2CCCO)OC1=O. The molecule has 21 heavy (non-hydrogen) atoms. The fourth-order valence-corrected chi connectivity index (χ4v) is 2.86. The maximum Gasteiger partial charge on any atom is 0.312 e. The molecule has 0 aliphatic carbocycles. The number of hydrogen-bond donors (Lipinski definition) is 1. The monoisotopic (exact) mass is 294 g/mol. The van der Waals surface area contributed by atoms with E-state index in [9.17, 15) is 9.18 Å². The fraction of sp³-hybridized carbons (Fsp3) is 0.588. The third-order valence-electron chi connectivity index (χ3n) is 4.12. The van der Waals surface area contributed by atoms with Crippen molar-refractivity contribution in [2.24, 2.45) is 5.92 Å². The van der Waals surface area contributed by atoms with Crippen LogP contribution in [0.2, 0.25) is 0 Å². The molecular formula is C17H23FO3. The Morgan fingerprint density at radius 1 is 1.33 bits per heavy atom. The summed E-state index contributed by atoms with van der Waals surface area (Å²) in [5.41, 5.74) is 2.45. The summed E-state index contributed by atoms with van der Waals surface area (Å²) in [6, 6.07) is 8.12. The highest BCUT2D eigenvalue weighted by molar-refractivity contribution is 5.75. The van der Waals surface area contributed by atoms with Crippen LogP contribution in [0.15, 0.2) is 24.3 Å². The number of aliphatic hydroxyl groups excluding tert-OH is 1. The van der Waals surface area contributed by atoms with Gasteiger partial charge in [-0.3, -0.25) is 4.79 Å². The van der Waals surface area contributed by atoms with Gasteiger partial charge in [0.15, 0.2) is 0 Å². The molecule has 1 aromatic carbocycles. The number of benzene rings is 1. The molecular weight excluding hydrogens is 271 g/mol. The molecule has 1 aromatic rings. The fourth-order valence-electron chi connectivity index (χ4n) is 2.86. The topological polar surface area (TPSA) is 46.5 Å². The van der Waals surface area contributed by atoms with Crippen LogP contribution in [0, 0.1) is 5.92 Å². The average Bonchev–Trinajstić information content (AvgIpc) is 2.85. The van der Waals surface area contributed by atoms with Crippen molar-refractivity contribution < 1.29 is 19.0 Å². The highest BCUT2D eigenvalue weighted by Gasteiger charge is 2.37. The number of aryl methyl sites for hydroxylation is 2. The Labute approximate surface area is 125 Å². The van der Waals surface area contributed by atoms with Gasteiger partial charge < -0.3 is 9.84 Å². The van der Waals surface area contributed by atoms with Gasteiger partial charge in [-0.25, -0.2) is 4.39 Å². The van der Waals surface area contributed by atoms with Gasteiger partial charge in [-0.15, -0.1) is 0 Å². The number of halogens is 1. The predicted octanol–water partition coefficient (Wildman–Crippen LogP) is 2.83. The van der Waals surface area contributed by atoms with Gasteiger partial charge >= 0.3 is 5.97 Å². The quantitative estimate of drug-likeness (QED) is 0.787. The molecule has 1 aliphatic rings. The molecule has 3 unspecified atom stereocenters. The molecule has 0 saturated carbocycles. The van der Waals surface area contributed by atoms with Crippen molar-refractivity contribution in [3.8, 4) is 0 Å². The zero-order chi connectivity index (χ0) is 15.2. The summed E-state index contributed by atoms with van der Waals surface area (Å²) in [5.74, 6) is -0.997. The minimum Gasteiger partial charge on any atom is -0.462 e. The first-order chi connectivity index (χ1) is 10.1. The van der Waals surface area contributed by atoms with Crippen LogP contribution in [0.1, 0.15) is 37.3 Å². The average molecular weight is 294 g/mol. The van der Waals surface area contributed by atoms with Crippen molar-refractivity contribution in [1.82, 2.24) is 0 Å². The maximum atomic E-state index is 13.3. The highest BCUT2D eigenvalue weighted by Crippen LogP contribution is 2.28. The number of cyclic esters (lactones) is 1. The molecule has 1 N–H and O–H groups in total. The zero-order valence-corrected chi connectivity index (χ0v) is 12.4. The first-order valence-electron chi connectivity index (χ1n) is 7.64. The summed E-state index contributed by atoms with van der Waals surface area (Å²) in [4.78, 5) is 11.6. The van der Waals surface area contributed by atoms with E-state index >= 15 is 0 Å². The van der Waals surface area contributed by atoms with E-state index in [1.807, 2.05) is 12.1 Å². The van der Waals surface area contributed by atoms with Gasteiger partial charge in [-0.05, 0) is 43.7 Å². The van der Waals surface area contributed by atoms with Crippen molar-refractivity contribution >= 4 is 5.97 Å². The van der Waals surface area contributed by atoms with Crippen LogP contribution < -0.4 is 0 Å². The van der Waals surface area contributed by atoms with Crippen LogP contribution in [0.3, 0.4) is 0 Å². The van der Waals surface area contributed by atoms with Gasteiger partial charge in [0, 0.05) is 13.0 Å². The Balaban J connectivity index is 1.90. The van der Waals surface area contributed by atoms with E-state index in [0.717, 1.165) is 25.7 Å². The lowest BCUT2D eigenvalue weighted by Gasteiger charge is -2.12. The Morgan fingerprint density at radius 2 is 2.00 bits per heavy atom. The molecule has 3 atom stereocenters. The van der Waals surface area contributed by atoms with Gasteiger partial charge in [0.05, 0.1) is 5.92 Å². The number of alkyl halides is 1. The first kappa shape index (κ1) is 16.0. The lowest BCUT2D eigenvalue weighted by Crippen LogP contribution is -2.17. The van der Waals surface area contributed by atoms with Crippen LogP contribution in [0.5, 0.6) is 0 Å². The summed E-state index contributed by atoms with van der Waals surface area (Å²) < 4.78 is 18.5. The van der Waals surface area contributed by atoms with E-state index in [2.05, 4.69) is 12.1 Å². The molecule has 3 nitrogen and oxygen atoms in total. The standard InChI is InChI=1S/C17H23FO3/c1-12(18)16-11-15(21-17(16)20)9-8-14-6-3-2-5-13(14)7-4-10-19/h2-3,5-6,12,15-16,19H,4,7-11H2,1H3. The Morgan fingerprint density at radius 3 is 2.57 bits per heavy atom. The molecule has 1 fully saturated rings. The molecule has 2 rings (SSSR count). The second-order valence-corrected chi connectivity index (χ2v) is 5.71. The third kappa shape index (κ3) is 4.27.